The summed E-state index contributed by atoms with van der Waals surface area (Å²) >= 11 is 0. The Morgan fingerprint density at radius 2 is 1.84 bits per heavy atom. The molecular formula is C24H31BO6. The first-order valence-electron chi connectivity index (χ1n) is 11.5. The van der Waals surface area contributed by atoms with Gasteiger partial charge in [-0.05, 0) is 61.0 Å². The summed E-state index contributed by atoms with van der Waals surface area (Å²) in [4.78, 5) is 12.7. The average Bonchev–Trinajstić information content (AvgIpc) is 3.39. The Hall–Kier alpha value is -1.73. The number of carbonyl (C=O) groups is 1. The van der Waals surface area contributed by atoms with Crippen molar-refractivity contribution in [3.8, 4) is 11.5 Å². The molecule has 2 aliphatic heterocycles. The zero-order valence-corrected chi connectivity index (χ0v) is 19.2. The molecule has 166 valence electrons. The monoisotopic (exact) mass is 426 g/mol. The van der Waals surface area contributed by atoms with Gasteiger partial charge in [-0.1, -0.05) is 19.9 Å². The molecular weight excluding hydrogens is 395 g/mol. The number of ether oxygens (including phenoxy) is 3. The van der Waals surface area contributed by atoms with Crippen LogP contribution in [0.3, 0.4) is 0 Å². The van der Waals surface area contributed by atoms with Crippen molar-refractivity contribution in [1.82, 2.24) is 0 Å². The van der Waals surface area contributed by atoms with Crippen LogP contribution in [-0.2, 0) is 14.0 Å². The van der Waals surface area contributed by atoms with Gasteiger partial charge in [0.2, 0.25) is 5.79 Å². The van der Waals surface area contributed by atoms with Gasteiger partial charge in [-0.25, -0.2) is 4.79 Å². The molecule has 0 amide bonds. The fourth-order valence-corrected chi connectivity index (χ4v) is 6.84. The summed E-state index contributed by atoms with van der Waals surface area (Å²) in [6, 6.07) is 3.85. The molecule has 0 radical (unpaired) electrons. The van der Waals surface area contributed by atoms with Gasteiger partial charge in [0, 0.05) is 19.7 Å². The number of benzene rings is 1. The van der Waals surface area contributed by atoms with E-state index in [1.165, 1.54) is 6.42 Å². The Morgan fingerprint density at radius 1 is 1.06 bits per heavy atom. The van der Waals surface area contributed by atoms with Crippen molar-refractivity contribution in [2.24, 2.45) is 17.3 Å². The molecule has 4 saturated carbocycles. The lowest BCUT2D eigenvalue weighted by Crippen LogP contribution is -2.65. The van der Waals surface area contributed by atoms with E-state index < -0.39 is 11.8 Å². The van der Waals surface area contributed by atoms with Crippen LogP contribution in [0.5, 0.6) is 11.5 Å². The zero-order chi connectivity index (χ0) is 21.9. The third-order valence-corrected chi connectivity index (χ3v) is 8.82. The number of rotatable bonds is 3. The molecule has 4 aliphatic carbocycles. The molecule has 1 aromatic rings. The first-order valence-corrected chi connectivity index (χ1v) is 11.5. The molecule has 2 heterocycles. The molecule has 1 saturated heterocycles. The SMILES string of the molecule is COc1ccc(C2CC2B2OC3CC4C[C@@H](C4(C)C)[C@]3(C)O2)c2c1C(=O)OC(C)(C)O2. The highest BCUT2D eigenvalue weighted by Crippen LogP contribution is 2.68. The Morgan fingerprint density at radius 3 is 2.55 bits per heavy atom. The Labute approximate surface area is 184 Å². The van der Waals surface area contributed by atoms with E-state index in [9.17, 15) is 4.79 Å². The zero-order valence-electron chi connectivity index (χ0n) is 19.2. The predicted molar refractivity (Wildman–Crippen MR) is 114 cm³/mol. The molecule has 0 spiro atoms. The van der Waals surface area contributed by atoms with Gasteiger partial charge in [0.15, 0.2) is 0 Å². The minimum absolute atomic E-state index is 0.186. The normalized spacial score (nSPS) is 40.8. The summed E-state index contributed by atoms with van der Waals surface area (Å²) < 4.78 is 30.2. The number of carbonyl (C=O) groups excluding carboxylic acids is 1. The van der Waals surface area contributed by atoms with E-state index in [2.05, 4.69) is 20.8 Å². The molecule has 4 unspecified atom stereocenters. The first-order chi connectivity index (χ1) is 14.5. The van der Waals surface area contributed by atoms with Gasteiger partial charge in [-0.2, -0.15) is 0 Å². The highest BCUT2D eigenvalue weighted by Gasteiger charge is 2.70. The van der Waals surface area contributed by atoms with E-state index in [0.717, 1.165) is 24.3 Å². The van der Waals surface area contributed by atoms with E-state index in [1.807, 2.05) is 12.1 Å². The van der Waals surface area contributed by atoms with Crippen molar-refractivity contribution in [1.29, 1.82) is 0 Å². The second kappa shape index (κ2) is 5.99. The highest BCUT2D eigenvalue weighted by atomic mass is 16.7. The number of hydrogen-bond donors (Lipinski definition) is 0. The average molecular weight is 426 g/mol. The third-order valence-electron chi connectivity index (χ3n) is 8.82. The van der Waals surface area contributed by atoms with Crippen molar-refractivity contribution < 1.29 is 28.3 Å². The van der Waals surface area contributed by atoms with Crippen LogP contribution in [0.15, 0.2) is 12.1 Å². The van der Waals surface area contributed by atoms with Gasteiger partial charge in [-0.15, -0.1) is 0 Å². The van der Waals surface area contributed by atoms with Crippen LogP contribution in [0.1, 0.15) is 75.7 Å². The number of hydrogen-bond acceptors (Lipinski definition) is 6. The minimum atomic E-state index is -1.01. The number of esters is 1. The number of cyclic esters (lactones) is 1. The number of fused-ring (bicyclic) bond motifs is 1. The molecule has 0 aromatic heterocycles. The quantitative estimate of drug-likeness (QED) is 0.522. The maximum Gasteiger partial charge on any atom is 0.461 e. The Kier molecular flexibility index (Phi) is 3.85. The maximum atomic E-state index is 12.7. The molecule has 6 aliphatic rings. The van der Waals surface area contributed by atoms with Crippen molar-refractivity contribution >= 4 is 13.1 Å². The van der Waals surface area contributed by atoms with E-state index in [0.29, 0.717) is 28.4 Å². The van der Waals surface area contributed by atoms with Crippen LogP contribution in [0.2, 0.25) is 5.82 Å². The second-order valence-electron chi connectivity index (χ2n) is 11.3. The molecule has 5 fully saturated rings. The van der Waals surface area contributed by atoms with Crippen LogP contribution in [0, 0.1) is 17.3 Å². The smallest absolute Gasteiger partial charge is 0.461 e. The molecule has 6 nitrogen and oxygen atoms in total. The number of methoxy groups -OCH3 is 1. The summed E-state index contributed by atoms with van der Waals surface area (Å²) in [7, 11) is 1.36. The molecule has 7 heteroatoms. The largest absolute Gasteiger partial charge is 0.496 e. The maximum absolute atomic E-state index is 12.7. The second-order valence-corrected chi connectivity index (χ2v) is 11.3. The molecule has 31 heavy (non-hydrogen) atoms. The summed E-state index contributed by atoms with van der Waals surface area (Å²) in [6.45, 7) is 10.5. The Balaban J connectivity index is 1.28. The summed E-state index contributed by atoms with van der Waals surface area (Å²) in [5.74, 6) is 1.44. The van der Waals surface area contributed by atoms with Crippen molar-refractivity contribution in [3.63, 3.8) is 0 Å². The minimum Gasteiger partial charge on any atom is -0.496 e. The Bertz CT molecular complexity index is 973. The lowest BCUT2D eigenvalue weighted by atomic mass is 9.43. The predicted octanol–water partition coefficient (Wildman–Crippen LogP) is 4.57. The highest BCUT2D eigenvalue weighted by molar-refractivity contribution is 6.49. The van der Waals surface area contributed by atoms with Gasteiger partial charge in [0.1, 0.15) is 17.1 Å². The van der Waals surface area contributed by atoms with Crippen LogP contribution >= 0.6 is 0 Å². The standard InChI is InChI=1S/C24H31BO6/c1-22(2)12-9-17(22)24(5)18(10-12)30-25(31-24)15-11-14(15)13-7-8-16(27-6)19-20(13)28-23(3,4)29-21(19)26/h7-8,12,14-15,17-18H,9-11H2,1-6H3/t12?,14?,15?,17-,18?,24-/m0/s1. The van der Waals surface area contributed by atoms with E-state index in [1.54, 1.807) is 21.0 Å². The lowest BCUT2D eigenvalue weighted by Gasteiger charge is -2.64. The van der Waals surface area contributed by atoms with Gasteiger partial charge in [0.05, 0.1) is 18.8 Å². The summed E-state index contributed by atoms with van der Waals surface area (Å²) in [5.41, 5.74) is 1.53. The molecule has 7 rings (SSSR count). The van der Waals surface area contributed by atoms with Crippen molar-refractivity contribution in [3.05, 3.63) is 23.3 Å². The molecule has 1 aromatic carbocycles. The van der Waals surface area contributed by atoms with Crippen LogP contribution < -0.4 is 9.47 Å². The van der Waals surface area contributed by atoms with Gasteiger partial charge >= 0.3 is 13.1 Å². The topological polar surface area (TPSA) is 63.2 Å². The fraction of sp³-hybridized carbons (Fsp3) is 0.708. The molecule has 6 atom stereocenters. The fourth-order valence-electron chi connectivity index (χ4n) is 6.84. The molecule has 0 N–H and O–H groups in total. The summed E-state index contributed by atoms with van der Waals surface area (Å²) in [5, 5.41) is 0. The first kappa shape index (κ1) is 19.9. The van der Waals surface area contributed by atoms with Crippen LogP contribution in [0.25, 0.3) is 0 Å². The van der Waals surface area contributed by atoms with E-state index in [-0.39, 0.29) is 30.6 Å². The summed E-state index contributed by atoms with van der Waals surface area (Å²) in [6.07, 6.45) is 3.49. The van der Waals surface area contributed by atoms with Gasteiger partial charge in [-0.3, -0.25) is 0 Å². The third kappa shape index (κ3) is 2.62. The van der Waals surface area contributed by atoms with Gasteiger partial charge < -0.3 is 23.5 Å². The van der Waals surface area contributed by atoms with Crippen molar-refractivity contribution in [2.75, 3.05) is 7.11 Å². The van der Waals surface area contributed by atoms with Crippen LogP contribution in [-0.4, -0.2) is 37.7 Å². The van der Waals surface area contributed by atoms with E-state index in [4.69, 9.17) is 23.5 Å². The lowest BCUT2D eigenvalue weighted by molar-refractivity contribution is -0.199. The van der Waals surface area contributed by atoms with E-state index >= 15 is 0 Å². The van der Waals surface area contributed by atoms with Gasteiger partial charge in [0.25, 0.3) is 0 Å². The molecule has 2 bridgehead atoms. The van der Waals surface area contributed by atoms with Crippen molar-refractivity contribution in [2.45, 2.75) is 83.1 Å². The van der Waals surface area contributed by atoms with Crippen LogP contribution in [0.4, 0.5) is 0 Å².